The van der Waals surface area contributed by atoms with E-state index in [0.717, 1.165) is 32.4 Å². The topological polar surface area (TPSA) is 54.5 Å². The average molecular weight is 275 g/mol. The first-order chi connectivity index (χ1) is 9.67. The molecule has 0 bridgehead atoms. The highest BCUT2D eigenvalue weighted by molar-refractivity contribution is 5.92. The number of hydrogen-bond donors (Lipinski definition) is 1. The van der Waals surface area contributed by atoms with E-state index < -0.39 is 0 Å². The van der Waals surface area contributed by atoms with Gasteiger partial charge in [0.25, 0.3) is 5.91 Å². The van der Waals surface area contributed by atoms with Crippen molar-refractivity contribution >= 4 is 5.91 Å². The highest BCUT2D eigenvalue weighted by atomic mass is 16.5. The molecule has 108 valence electrons. The van der Waals surface area contributed by atoms with Crippen LogP contribution in [-0.4, -0.2) is 54.2 Å². The van der Waals surface area contributed by atoms with E-state index in [0.29, 0.717) is 12.3 Å². The molecule has 3 heterocycles. The van der Waals surface area contributed by atoms with E-state index in [9.17, 15) is 4.79 Å². The van der Waals surface area contributed by atoms with Crippen LogP contribution in [-0.2, 0) is 4.74 Å². The summed E-state index contributed by atoms with van der Waals surface area (Å²) in [6.07, 6.45) is 4.66. The van der Waals surface area contributed by atoms with Crippen LogP contribution in [0.5, 0.6) is 0 Å². The lowest BCUT2D eigenvalue weighted by atomic mass is 9.87. The van der Waals surface area contributed by atoms with Gasteiger partial charge >= 0.3 is 0 Å². The molecule has 1 amide bonds. The first-order valence-electron chi connectivity index (χ1n) is 7.21. The summed E-state index contributed by atoms with van der Waals surface area (Å²) in [6.45, 7) is 2.75. The Hall–Kier alpha value is -1.46. The molecule has 0 saturated carbocycles. The third-order valence-corrected chi connectivity index (χ3v) is 4.34. The number of piperidine rings is 1. The first-order valence-corrected chi connectivity index (χ1v) is 7.21. The van der Waals surface area contributed by atoms with Crippen molar-refractivity contribution in [2.45, 2.75) is 30.9 Å². The lowest BCUT2D eigenvalue weighted by molar-refractivity contribution is -0.0392. The van der Waals surface area contributed by atoms with Gasteiger partial charge in [0.1, 0.15) is 5.69 Å². The van der Waals surface area contributed by atoms with Crippen molar-refractivity contribution in [3.63, 3.8) is 0 Å². The summed E-state index contributed by atoms with van der Waals surface area (Å²) >= 11 is 0. The van der Waals surface area contributed by atoms with E-state index in [1.165, 1.54) is 0 Å². The van der Waals surface area contributed by atoms with Crippen LogP contribution in [0.2, 0.25) is 0 Å². The number of hydrogen-bond acceptors (Lipinski definition) is 4. The van der Waals surface area contributed by atoms with Gasteiger partial charge in [-0.3, -0.25) is 9.78 Å². The molecule has 5 heteroatoms. The summed E-state index contributed by atoms with van der Waals surface area (Å²) in [5.41, 5.74) is 0.450. The molecule has 1 aromatic rings. The largest absolute Gasteiger partial charge is 0.373 e. The van der Waals surface area contributed by atoms with Gasteiger partial charge in [-0.05, 0) is 38.4 Å². The van der Waals surface area contributed by atoms with Crippen molar-refractivity contribution in [3.05, 3.63) is 30.1 Å². The van der Waals surface area contributed by atoms with Gasteiger partial charge in [0.15, 0.2) is 0 Å². The molecular formula is C15H21N3O2. The van der Waals surface area contributed by atoms with E-state index in [1.807, 2.05) is 12.1 Å². The van der Waals surface area contributed by atoms with E-state index in [2.05, 4.69) is 22.2 Å². The zero-order valence-corrected chi connectivity index (χ0v) is 11.8. The van der Waals surface area contributed by atoms with Gasteiger partial charge in [-0.1, -0.05) is 6.07 Å². The summed E-state index contributed by atoms with van der Waals surface area (Å²) in [4.78, 5) is 18.5. The number of rotatable bonds is 2. The van der Waals surface area contributed by atoms with Gasteiger partial charge in [-0.25, -0.2) is 0 Å². The van der Waals surface area contributed by atoms with Crippen LogP contribution in [0.1, 0.15) is 29.8 Å². The molecule has 20 heavy (non-hydrogen) atoms. The number of pyridine rings is 1. The molecule has 1 atom stereocenters. The average Bonchev–Trinajstić information content (AvgIpc) is 2.86. The molecule has 0 aliphatic carbocycles. The van der Waals surface area contributed by atoms with Crippen molar-refractivity contribution < 1.29 is 9.53 Å². The minimum atomic E-state index is -0.107. The third kappa shape index (κ3) is 2.83. The Balaban J connectivity index is 1.57. The fraction of sp³-hybridized carbons (Fsp3) is 0.600. The minimum Gasteiger partial charge on any atom is -0.373 e. The molecule has 0 radical (unpaired) electrons. The Morgan fingerprint density at radius 3 is 2.95 bits per heavy atom. The van der Waals surface area contributed by atoms with E-state index >= 15 is 0 Å². The number of likely N-dealkylation sites (tertiary alicyclic amines) is 1. The second-order valence-electron chi connectivity index (χ2n) is 5.89. The number of aromatic nitrogens is 1. The van der Waals surface area contributed by atoms with Crippen molar-refractivity contribution in [2.24, 2.45) is 0 Å². The van der Waals surface area contributed by atoms with E-state index in [4.69, 9.17) is 4.74 Å². The summed E-state index contributed by atoms with van der Waals surface area (Å²) in [5.74, 6) is -0.107. The molecule has 2 aliphatic rings. The number of carbonyl (C=O) groups is 1. The second kappa shape index (κ2) is 5.50. The Labute approximate surface area is 119 Å². The Kier molecular flexibility index (Phi) is 3.72. The van der Waals surface area contributed by atoms with Gasteiger partial charge in [-0.2, -0.15) is 0 Å². The van der Waals surface area contributed by atoms with Crippen molar-refractivity contribution in [2.75, 3.05) is 26.7 Å². The lowest BCUT2D eigenvalue weighted by Gasteiger charge is -2.36. The summed E-state index contributed by atoms with van der Waals surface area (Å²) in [5, 5.41) is 3.04. The first kappa shape index (κ1) is 13.5. The summed E-state index contributed by atoms with van der Waals surface area (Å²) in [6, 6.07) is 5.47. The molecule has 2 aliphatic heterocycles. The van der Waals surface area contributed by atoms with Gasteiger partial charge in [0.2, 0.25) is 0 Å². The fourth-order valence-corrected chi connectivity index (χ4v) is 3.07. The van der Waals surface area contributed by atoms with E-state index in [1.54, 1.807) is 12.3 Å². The zero-order valence-electron chi connectivity index (χ0n) is 11.8. The van der Waals surface area contributed by atoms with Crippen LogP contribution >= 0.6 is 0 Å². The van der Waals surface area contributed by atoms with Crippen LogP contribution in [0.4, 0.5) is 0 Å². The van der Waals surface area contributed by atoms with Gasteiger partial charge < -0.3 is 15.0 Å². The molecule has 2 saturated heterocycles. The molecular weight excluding hydrogens is 254 g/mol. The molecule has 1 spiro atoms. The number of amides is 1. The number of ether oxygens (including phenoxy) is 1. The quantitative estimate of drug-likeness (QED) is 0.877. The molecule has 0 unspecified atom stereocenters. The van der Waals surface area contributed by atoms with Gasteiger partial charge in [-0.15, -0.1) is 0 Å². The Morgan fingerprint density at radius 2 is 2.25 bits per heavy atom. The second-order valence-corrected chi connectivity index (χ2v) is 5.89. The smallest absolute Gasteiger partial charge is 0.270 e. The SMILES string of the molecule is CN1CCC2(CC1)C[C@H](NC(=O)c1ccccn1)CO2. The fourth-order valence-electron chi connectivity index (χ4n) is 3.07. The lowest BCUT2D eigenvalue weighted by Crippen LogP contribution is -2.43. The molecule has 3 rings (SSSR count). The molecule has 2 fully saturated rings. The zero-order chi connectivity index (χ0) is 14.0. The van der Waals surface area contributed by atoms with Crippen molar-refractivity contribution in [1.82, 2.24) is 15.2 Å². The maximum Gasteiger partial charge on any atom is 0.270 e. The number of nitrogens with zero attached hydrogens (tertiary/aromatic N) is 2. The van der Waals surface area contributed by atoms with Crippen LogP contribution in [0.15, 0.2) is 24.4 Å². The van der Waals surface area contributed by atoms with Crippen LogP contribution in [0.25, 0.3) is 0 Å². The highest BCUT2D eigenvalue weighted by Crippen LogP contribution is 2.35. The maximum absolute atomic E-state index is 12.1. The standard InChI is InChI=1S/C15H21N3O2/c1-18-8-5-15(6-9-18)10-12(11-20-15)17-14(19)13-4-2-3-7-16-13/h2-4,7,12H,5-6,8-11H2,1H3,(H,17,19)/t12-/m0/s1. The minimum absolute atomic E-state index is 0.0193. The van der Waals surface area contributed by atoms with E-state index in [-0.39, 0.29) is 17.6 Å². The highest BCUT2D eigenvalue weighted by Gasteiger charge is 2.42. The third-order valence-electron chi connectivity index (χ3n) is 4.34. The van der Waals surface area contributed by atoms with Crippen molar-refractivity contribution in [1.29, 1.82) is 0 Å². The van der Waals surface area contributed by atoms with Crippen LogP contribution in [0.3, 0.4) is 0 Å². The number of nitrogens with one attached hydrogen (secondary N) is 1. The van der Waals surface area contributed by atoms with Crippen LogP contribution < -0.4 is 5.32 Å². The summed E-state index contributed by atoms with van der Waals surface area (Å²) < 4.78 is 6.02. The molecule has 1 aromatic heterocycles. The Bertz CT molecular complexity index is 469. The maximum atomic E-state index is 12.1. The monoisotopic (exact) mass is 275 g/mol. The predicted molar refractivity (Wildman–Crippen MR) is 75.5 cm³/mol. The molecule has 1 N–H and O–H groups in total. The molecule has 5 nitrogen and oxygen atoms in total. The number of carbonyl (C=O) groups excluding carboxylic acids is 1. The predicted octanol–water partition coefficient (Wildman–Crippen LogP) is 1.06. The summed E-state index contributed by atoms with van der Waals surface area (Å²) in [7, 11) is 2.14. The van der Waals surface area contributed by atoms with Gasteiger partial charge in [0.05, 0.1) is 18.2 Å². The molecule has 0 aromatic carbocycles. The van der Waals surface area contributed by atoms with Crippen LogP contribution in [0, 0.1) is 0 Å². The van der Waals surface area contributed by atoms with Crippen molar-refractivity contribution in [3.8, 4) is 0 Å². The normalized spacial score (nSPS) is 25.8. The Morgan fingerprint density at radius 1 is 1.45 bits per heavy atom. The van der Waals surface area contributed by atoms with Gasteiger partial charge in [0, 0.05) is 19.3 Å².